The van der Waals surface area contributed by atoms with Gasteiger partial charge in [-0.05, 0) is 47.9 Å². The van der Waals surface area contributed by atoms with Crippen LogP contribution in [0.4, 0.5) is 0 Å². The summed E-state index contributed by atoms with van der Waals surface area (Å²) in [7, 11) is 0. The van der Waals surface area contributed by atoms with Gasteiger partial charge >= 0.3 is 11.9 Å². The van der Waals surface area contributed by atoms with Crippen molar-refractivity contribution >= 4 is 37.1 Å². The Morgan fingerprint density at radius 3 is 1.49 bits per heavy atom. The Bertz CT molecular complexity index is 1090. The number of carbonyl (C=O) groups is 6. The maximum atomic E-state index is 13.6. The first kappa shape index (κ1) is 24.4. The molecule has 0 fully saturated rings. The molecule has 35 heavy (non-hydrogen) atoms. The molecule has 2 aliphatic carbocycles. The standard InChI is InChI=1S/C28H26O7/c29-15-13-27(17-31)11-9-19-5-1-3-7-21(19)23(27)25(33)35-26(34)24-22-8-4-2-6-20(22)10-12-28(24,18-32)14-16-30/h1-8,15-18,23-24H,9-14H2. The number of hydrogen-bond acceptors (Lipinski definition) is 7. The lowest BCUT2D eigenvalue weighted by molar-refractivity contribution is -0.168. The van der Waals surface area contributed by atoms with Crippen molar-refractivity contribution in [2.45, 2.75) is 50.4 Å². The monoisotopic (exact) mass is 474 g/mol. The van der Waals surface area contributed by atoms with E-state index < -0.39 is 34.6 Å². The van der Waals surface area contributed by atoms with Gasteiger partial charge in [-0.15, -0.1) is 0 Å². The lowest BCUT2D eigenvalue weighted by atomic mass is 9.62. The van der Waals surface area contributed by atoms with Crippen LogP contribution in [0.2, 0.25) is 0 Å². The number of rotatable bonds is 8. The summed E-state index contributed by atoms with van der Waals surface area (Å²) in [4.78, 5) is 74.5. The molecular weight excluding hydrogens is 448 g/mol. The molecule has 0 saturated heterocycles. The molecule has 7 heteroatoms. The summed E-state index contributed by atoms with van der Waals surface area (Å²) < 4.78 is 5.42. The van der Waals surface area contributed by atoms with Crippen LogP contribution < -0.4 is 0 Å². The Morgan fingerprint density at radius 2 is 1.11 bits per heavy atom. The van der Waals surface area contributed by atoms with E-state index in [0.717, 1.165) is 11.1 Å². The molecule has 7 nitrogen and oxygen atoms in total. The third kappa shape index (κ3) is 4.16. The summed E-state index contributed by atoms with van der Waals surface area (Å²) in [5.41, 5.74) is 0.117. The van der Waals surface area contributed by atoms with E-state index >= 15 is 0 Å². The molecule has 180 valence electrons. The van der Waals surface area contributed by atoms with Crippen molar-refractivity contribution in [2.24, 2.45) is 10.8 Å². The van der Waals surface area contributed by atoms with Gasteiger partial charge in [-0.3, -0.25) is 9.59 Å². The van der Waals surface area contributed by atoms with E-state index in [0.29, 0.717) is 49.1 Å². The predicted molar refractivity (Wildman–Crippen MR) is 124 cm³/mol. The van der Waals surface area contributed by atoms with E-state index in [1.807, 2.05) is 24.3 Å². The van der Waals surface area contributed by atoms with Gasteiger partial charge in [0, 0.05) is 12.8 Å². The predicted octanol–water partition coefficient (Wildman–Crippen LogP) is 3.06. The van der Waals surface area contributed by atoms with Gasteiger partial charge in [0.25, 0.3) is 0 Å². The minimum atomic E-state index is -1.33. The molecule has 4 unspecified atom stereocenters. The number of ether oxygens (including phenoxy) is 1. The Labute approximate surface area is 202 Å². The van der Waals surface area contributed by atoms with E-state index in [9.17, 15) is 28.8 Å². The average Bonchev–Trinajstić information content (AvgIpc) is 2.88. The molecule has 2 aliphatic rings. The fourth-order valence-corrected chi connectivity index (χ4v) is 5.77. The fraction of sp³-hybridized carbons (Fsp3) is 0.357. The van der Waals surface area contributed by atoms with Crippen LogP contribution in [0.3, 0.4) is 0 Å². The first-order valence-corrected chi connectivity index (χ1v) is 11.7. The van der Waals surface area contributed by atoms with Gasteiger partial charge in [0.15, 0.2) is 0 Å². The van der Waals surface area contributed by atoms with Crippen LogP contribution in [0, 0.1) is 10.8 Å². The molecule has 0 heterocycles. The summed E-state index contributed by atoms with van der Waals surface area (Å²) in [6, 6.07) is 14.2. The molecule has 2 aromatic carbocycles. The minimum Gasteiger partial charge on any atom is -0.392 e. The molecule has 0 spiro atoms. The van der Waals surface area contributed by atoms with Gasteiger partial charge in [-0.25, -0.2) is 0 Å². The fourth-order valence-electron chi connectivity index (χ4n) is 5.77. The third-order valence-electron chi connectivity index (χ3n) is 7.67. The lowest BCUT2D eigenvalue weighted by Crippen LogP contribution is -2.44. The van der Waals surface area contributed by atoms with Crippen LogP contribution in [0.1, 0.15) is 59.8 Å². The molecule has 0 N–H and O–H groups in total. The largest absolute Gasteiger partial charge is 0.392 e. The van der Waals surface area contributed by atoms with Crippen LogP contribution in [-0.2, 0) is 46.3 Å². The topological polar surface area (TPSA) is 112 Å². The third-order valence-corrected chi connectivity index (χ3v) is 7.67. The van der Waals surface area contributed by atoms with Gasteiger partial charge in [-0.2, -0.15) is 0 Å². The Hall–Kier alpha value is -3.74. The second kappa shape index (κ2) is 9.86. The zero-order valence-electron chi connectivity index (χ0n) is 19.2. The summed E-state index contributed by atoms with van der Waals surface area (Å²) in [5.74, 6) is -4.17. The van der Waals surface area contributed by atoms with Crippen molar-refractivity contribution in [2.75, 3.05) is 0 Å². The second-order valence-electron chi connectivity index (χ2n) is 9.45. The average molecular weight is 475 g/mol. The van der Waals surface area contributed by atoms with Gasteiger partial charge < -0.3 is 23.9 Å². The first-order chi connectivity index (χ1) is 16.9. The normalized spacial score (nSPS) is 27.0. The van der Waals surface area contributed by atoms with Crippen molar-refractivity contribution in [1.29, 1.82) is 0 Å². The first-order valence-electron chi connectivity index (χ1n) is 11.7. The number of esters is 2. The van der Waals surface area contributed by atoms with Crippen LogP contribution in [0.5, 0.6) is 0 Å². The van der Waals surface area contributed by atoms with Crippen molar-refractivity contribution in [3.05, 3.63) is 70.8 Å². The number of fused-ring (bicyclic) bond motifs is 2. The molecule has 4 rings (SSSR count). The number of benzene rings is 2. The highest BCUT2D eigenvalue weighted by molar-refractivity contribution is 5.97. The maximum Gasteiger partial charge on any atom is 0.322 e. The molecule has 0 bridgehead atoms. The molecule has 0 aliphatic heterocycles. The van der Waals surface area contributed by atoms with Crippen molar-refractivity contribution in [3.8, 4) is 0 Å². The van der Waals surface area contributed by atoms with Crippen LogP contribution in [0.25, 0.3) is 0 Å². The summed E-state index contributed by atoms with van der Waals surface area (Å²) in [6.45, 7) is 0. The maximum absolute atomic E-state index is 13.6. The van der Waals surface area contributed by atoms with Crippen molar-refractivity contribution in [1.82, 2.24) is 0 Å². The SMILES string of the molecule is O=CCC1(C=O)CCc2ccccc2C1C(=O)OC(=O)C1c2ccccc2CCC1(C=O)CC=O. The van der Waals surface area contributed by atoms with Crippen molar-refractivity contribution in [3.63, 3.8) is 0 Å². The summed E-state index contributed by atoms with van der Waals surface area (Å²) in [5, 5.41) is 0. The van der Waals surface area contributed by atoms with Crippen LogP contribution in [0.15, 0.2) is 48.5 Å². The van der Waals surface area contributed by atoms with Crippen molar-refractivity contribution < 1.29 is 33.5 Å². The molecule has 0 saturated carbocycles. The minimum absolute atomic E-state index is 0.186. The van der Waals surface area contributed by atoms with E-state index in [1.165, 1.54) is 0 Å². The summed E-state index contributed by atoms with van der Waals surface area (Å²) in [6.07, 6.45) is 3.59. The van der Waals surface area contributed by atoms with Gasteiger partial charge in [0.1, 0.15) is 25.1 Å². The Kier molecular flexibility index (Phi) is 6.87. The zero-order valence-corrected chi connectivity index (χ0v) is 19.2. The zero-order chi connectivity index (χ0) is 25.1. The van der Waals surface area contributed by atoms with Crippen LogP contribution in [-0.4, -0.2) is 37.1 Å². The van der Waals surface area contributed by atoms with Crippen LogP contribution >= 0.6 is 0 Å². The van der Waals surface area contributed by atoms with Gasteiger partial charge in [0.2, 0.25) is 0 Å². The lowest BCUT2D eigenvalue weighted by Gasteiger charge is -2.40. The molecule has 0 aromatic heterocycles. The Morgan fingerprint density at radius 1 is 0.714 bits per heavy atom. The number of carbonyl (C=O) groups excluding carboxylic acids is 6. The van der Waals surface area contributed by atoms with Gasteiger partial charge in [-0.1, -0.05) is 48.5 Å². The Balaban J connectivity index is 1.74. The summed E-state index contributed by atoms with van der Waals surface area (Å²) >= 11 is 0. The molecule has 4 atom stereocenters. The number of aldehydes is 4. The van der Waals surface area contributed by atoms with E-state index in [1.54, 1.807) is 24.3 Å². The smallest absolute Gasteiger partial charge is 0.322 e. The molecule has 0 amide bonds. The highest BCUT2D eigenvalue weighted by Gasteiger charge is 2.52. The van der Waals surface area contributed by atoms with E-state index in [-0.39, 0.29) is 25.7 Å². The highest BCUT2D eigenvalue weighted by atomic mass is 16.6. The number of hydrogen-bond donors (Lipinski definition) is 0. The molecule has 0 radical (unpaired) electrons. The second-order valence-corrected chi connectivity index (χ2v) is 9.45. The quantitative estimate of drug-likeness (QED) is 0.328. The van der Waals surface area contributed by atoms with Gasteiger partial charge in [0.05, 0.1) is 22.7 Å². The molecule has 2 aromatic rings. The highest BCUT2D eigenvalue weighted by Crippen LogP contribution is 2.49. The molecular formula is C28H26O7. The number of aryl methyl sites for hydroxylation is 2. The van der Waals surface area contributed by atoms with E-state index in [2.05, 4.69) is 0 Å². The van der Waals surface area contributed by atoms with E-state index in [4.69, 9.17) is 4.74 Å².